The quantitative estimate of drug-likeness (QED) is 0.497. The lowest BCUT2D eigenvalue weighted by Crippen LogP contribution is -2.09. The minimum atomic E-state index is -0.235. The number of thiazole rings is 1. The van der Waals surface area contributed by atoms with Crippen molar-refractivity contribution in [3.05, 3.63) is 88.4 Å². The largest absolute Gasteiger partial charge is 0.397 e. The predicted octanol–water partition coefficient (Wildman–Crippen LogP) is 4.63. The summed E-state index contributed by atoms with van der Waals surface area (Å²) in [5.74, 6) is -0.235. The molecule has 1 aromatic heterocycles. The van der Waals surface area contributed by atoms with E-state index in [-0.39, 0.29) is 5.91 Å². The van der Waals surface area contributed by atoms with Crippen molar-refractivity contribution in [1.82, 2.24) is 4.98 Å². The standard InChI is InChI=1S/C21H19N3OS/c22-18-10-4-5-11-19(18)24-20(25)14-13-17-15-26-21(23-17)12-6-9-16-7-2-1-3-8-16/h1-11,13-15H,12,22H2,(H,24,25)/b9-6?,14-13+. The number of carbonyl (C=O) groups is 1. The zero-order chi connectivity index (χ0) is 18.2. The van der Waals surface area contributed by atoms with Crippen LogP contribution in [0.4, 0.5) is 11.4 Å². The first-order valence-electron chi connectivity index (χ1n) is 8.20. The van der Waals surface area contributed by atoms with Gasteiger partial charge in [0.2, 0.25) is 5.91 Å². The Balaban J connectivity index is 1.54. The van der Waals surface area contributed by atoms with E-state index in [0.717, 1.165) is 17.1 Å². The summed E-state index contributed by atoms with van der Waals surface area (Å²) in [6.45, 7) is 0. The van der Waals surface area contributed by atoms with Gasteiger partial charge in [-0.25, -0.2) is 4.98 Å². The number of para-hydroxylation sites is 2. The average Bonchev–Trinajstić information content (AvgIpc) is 3.11. The van der Waals surface area contributed by atoms with Crippen molar-refractivity contribution >= 4 is 40.8 Å². The van der Waals surface area contributed by atoms with Crippen LogP contribution in [0.5, 0.6) is 0 Å². The summed E-state index contributed by atoms with van der Waals surface area (Å²) >= 11 is 1.58. The molecule has 3 aromatic rings. The number of anilines is 2. The number of amides is 1. The summed E-state index contributed by atoms with van der Waals surface area (Å²) in [6.07, 6.45) is 8.10. The molecule has 5 heteroatoms. The van der Waals surface area contributed by atoms with E-state index < -0.39 is 0 Å². The van der Waals surface area contributed by atoms with E-state index in [9.17, 15) is 4.79 Å². The second-order valence-electron chi connectivity index (χ2n) is 5.59. The first-order chi connectivity index (χ1) is 12.7. The molecule has 26 heavy (non-hydrogen) atoms. The fraction of sp³-hybridized carbons (Fsp3) is 0.0476. The highest BCUT2D eigenvalue weighted by Crippen LogP contribution is 2.17. The van der Waals surface area contributed by atoms with Crippen LogP contribution in [-0.2, 0) is 11.2 Å². The summed E-state index contributed by atoms with van der Waals surface area (Å²) in [6, 6.07) is 17.3. The highest BCUT2D eigenvalue weighted by molar-refractivity contribution is 7.09. The number of nitrogens with two attached hydrogens (primary N) is 1. The van der Waals surface area contributed by atoms with Crippen LogP contribution < -0.4 is 11.1 Å². The van der Waals surface area contributed by atoms with Crippen molar-refractivity contribution in [2.75, 3.05) is 11.1 Å². The van der Waals surface area contributed by atoms with E-state index in [1.807, 2.05) is 35.7 Å². The van der Waals surface area contributed by atoms with Crippen LogP contribution in [-0.4, -0.2) is 10.9 Å². The maximum Gasteiger partial charge on any atom is 0.248 e. The first-order valence-corrected chi connectivity index (χ1v) is 9.08. The van der Waals surface area contributed by atoms with Gasteiger partial charge in [0, 0.05) is 17.9 Å². The van der Waals surface area contributed by atoms with Gasteiger partial charge in [0.1, 0.15) is 0 Å². The Kier molecular flexibility index (Phi) is 5.96. The van der Waals surface area contributed by atoms with Gasteiger partial charge in [0.05, 0.1) is 22.1 Å². The van der Waals surface area contributed by atoms with E-state index in [2.05, 4.69) is 34.6 Å². The molecule has 1 amide bonds. The lowest BCUT2D eigenvalue weighted by atomic mass is 10.2. The molecule has 0 saturated heterocycles. The number of hydrogen-bond acceptors (Lipinski definition) is 4. The van der Waals surface area contributed by atoms with Crippen LogP contribution in [0.2, 0.25) is 0 Å². The number of rotatable bonds is 6. The minimum Gasteiger partial charge on any atom is -0.397 e. The molecule has 2 aromatic carbocycles. The minimum absolute atomic E-state index is 0.235. The van der Waals surface area contributed by atoms with Crippen molar-refractivity contribution in [3.63, 3.8) is 0 Å². The fourth-order valence-electron chi connectivity index (χ4n) is 2.30. The Morgan fingerprint density at radius 2 is 1.85 bits per heavy atom. The van der Waals surface area contributed by atoms with Gasteiger partial charge in [-0.1, -0.05) is 54.6 Å². The van der Waals surface area contributed by atoms with Gasteiger partial charge in [0.15, 0.2) is 0 Å². The lowest BCUT2D eigenvalue weighted by molar-refractivity contribution is -0.111. The Morgan fingerprint density at radius 3 is 2.65 bits per heavy atom. The van der Waals surface area contributed by atoms with Crippen LogP contribution in [0.25, 0.3) is 12.2 Å². The zero-order valence-corrected chi connectivity index (χ0v) is 14.9. The molecule has 1 heterocycles. The van der Waals surface area contributed by atoms with Gasteiger partial charge in [-0.2, -0.15) is 0 Å². The van der Waals surface area contributed by atoms with E-state index in [4.69, 9.17) is 5.73 Å². The lowest BCUT2D eigenvalue weighted by Gasteiger charge is -2.04. The molecule has 0 saturated carbocycles. The summed E-state index contributed by atoms with van der Waals surface area (Å²) < 4.78 is 0. The number of allylic oxidation sites excluding steroid dienone is 1. The Morgan fingerprint density at radius 1 is 1.08 bits per heavy atom. The Labute approximate surface area is 156 Å². The third-order valence-corrected chi connectivity index (χ3v) is 4.49. The van der Waals surface area contributed by atoms with Gasteiger partial charge < -0.3 is 11.1 Å². The highest BCUT2D eigenvalue weighted by atomic mass is 32.1. The number of nitrogen functional groups attached to an aromatic ring is 1. The van der Waals surface area contributed by atoms with Gasteiger partial charge in [-0.3, -0.25) is 4.79 Å². The number of nitrogens with zero attached hydrogens (tertiary/aromatic N) is 1. The molecule has 0 fully saturated rings. The molecule has 0 unspecified atom stereocenters. The summed E-state index contributed by atoms with van der Waals surface area (Å²) in [5.41, 5.74) is 8.89. The molecular weight excluding hydrogens is 342 g/mol. The summed E-state index contributed by atoms with van der Waals surface area (Å²) in [7, 11) is 0. The van der Waals surface area contributed by atoms with E-state index >= 15 is 0 Å². The molecular formula is C21H19N3OS. The van der Waals surface area contributed by atoms with E-state index in [1.165, 1.54) is 11.6 Å². The third-order valence-electron chi connectivity index (χ3n) is 3.60. The molecule has 0 atom stereocenters. The monoisotopic (exact) mass is 361 g/mol. The number of nitrogens with one attached hydrogen (secondary N) is 1. The Hall–Kier alpha value is -3.18. The molecule has 130 valence electrons. The topological polar surface area (TPSA) is 68.0 Å². The molecule has 0 aliphatic heterocycles. The average molecular weight is 361 g/mol. The van der Waals surface area contributed by atoms with E-state index in [0.29, 0.717) is 11.4 Å². The second-order valence-corrected chi connectivity index (χ2v) is 6.54. The van der Waals surface area contributed by atoms with Gasteiger partial charge in [-0.15, -0.1) is 11.3 Å². The first kappa shape index (κ1) is 17.6. The zero-order valence-electron chi connectivity index (χ0n) is 14.1. The molecule has 0 radical (unpaired) electrons. The maximum atomic E-state index is 12.0. The van der Waals surface area contributed by atoms with Gasteiger partial charge in [-0.05, 0) is 23.8 Å². The fourth-order valence-corrected chi connectivity index (χ4v) is 3.04. The van der Waals surface area contributed by atoms with Crippen molar-refractivity contribution in [1.29, 1.82) is 0 Å². The van der Waals surface area contributed by atoms with Crippen LogP contribution in [0, 0.1) is 0 Å². The summed E-state index contributed by atoms with van der Waals surface area (Å²) in [5, 5.41) is 5.69. The van der Waals surface area contributed by atoms with Crippen molar-refractivity contribution in [2.24, 2.45) is 0 Å². The molecule has 0 spiro atoms. The van der Waals surface area contributed by atoms with Gasteiger partial charge in [0.25, 0.3) is 0 Å². The van der Waals surface area contributed by atoms with Gasteiger partial charge >= 0.3 is 0 Å². The smallest absolute Gasteiger partial charge is 0.248 e. The van der Waals surface area contributed by atoms with Crippen molar-refractivity contribution < 1.29 is 4.79 Å². The third kappa shape index (κ3) is 5.16. The Bertz CT molecular complexity index is 929. The van der Waals surface area contributed by atoms with E-state index in [1.54, 1.807) is 29.5 Å². The van der Waals surface area contributed by atoms with Crippen LogP contribution in [0.15, 0.2) is 72.1 Å². The molecule has 0 bridgehead atoms. The van der Waals surface area contributed by atoms with Crippen molar-refractivity contribution in [2.45, 2.75) is 6.42 Å². The SMILES string of the molecule is Nc1ccccc1NC(=O)/C=C/c1csc(CC=Cc2ccccc2)n1. The predicted molar refractivity (Wildman–Crippen MR) is 110 cm³/mol. The molecule has 0 aliphatic rings. The maximum absolute atomic E-state index is 12.0. The molecule has 0 aliphatic carbocycles. The number of carbonyl (C=O) groups excluding carboxylic acids is 1. The second kappa shape index (κ2) is 8.78. The highest BCUT2D eigenvalue weighted by Gasteiger charge is 2.02. The van der Waals surface area contributed by atoms with Crippen LogP contribution in [0.1, 0.15) is 16.3 Å². The number of hydrogen-bond donors (Lipinski definition) is 2. The van der Waals surface area contributed by atoms with Crippen molar-refractivity contribution in [3.8, 4) is 0 Å². The number of benzene rings is 2. The molecule has 3 rings (SSSR count). The normalized spacial score (nSPS) is 11.2. The van der Waals surface area contributed by atoms with Crippen LogP contribution in [0.3, 0.4) is 0 Å². The van der Waals surface area contributed by atoms with Crippen LogP contribution >= 0.6 is 11.3 Å². The molecule has 4 nitrogen and oxygen atoms in total. The molecule has 3 N–H and O–H groups in total. The number of aromatic nitrogens is 1. The summed E-state index contributed by atoms with van der Waals surface area (Å²) in [4.78, 5) is 16.5.